The molecule has 0 saturated carbocycles. The maximum atomic E-state index is 11.8. The molecular formula is C33H24N2O3S. The maximum absolute atomic E-state index is 11.8. The van der Waals surface area contributed by atoms with E-state index in [1.807, 2.05) is 54.6 Å². The summed E-state index contributed by atoms with van der Waals surface area (Å²) in [5.41, 5.74) is 5.35. The lowest BCUT2D eigenvalue weighted by Gasteiger charge is -2.10. The average molecular weight is 529 g/mol. The summed E-state index contributed by atoms with van der Waals surface area (Å²) < 4.78 is 5.96. The average Bonchev–Trinajstić information content (AvgIpc) is 3.36. The topological polar surface area (TPSA) is 75.4 Å². The summed E-state index contributed by atoms with van der Waals surface area (Å²) in [5, 5.41) is 16.4. The van der Waals surface area contributed by atoms with Crippen LogP contribution in [0.1, 0.15) is 19.0 Å². The van der Waals surface area contributed by atoms with E-state index in [1.54, 1.807) is 6.07 Å². The molecule has 5 nitrogen and oxygen atoms in total. The lowest BCUT2D eigenvalue weighted by atomic mass is 9.97. The van der Waals surface area contributed by atoms with Crippen LogP contribution in [0.4, 0.5) is 5.88 Å². The van der Waals surface area contributed by atoms with Crippen molar-refractivity contribution in [3.05, 3.63) is 109 Å². The van der Waals surface area contributed by atoms with Crippen LogP contribution < -0.4 is 5.32 Å². The van der Waals surface area contributed by atoms with E-state index in [0.717, 1.165) is 27.1 Å². The zero-order valence-electron chi connectivity index (χ0n) is 21.1. The second-order valence-electron chi connectivity index (χ2n) is 9.39. The number of phenolic OH excluding ortho intramolecular Hbond substituents is 1. The van der Waals surface area contributed by atoms with Gasteiger partial charge in [0, 0.05) is 29.3 Å². The number of aromatic hydroxyl groups is 1. The van der Waals surface area contributed by atoms with Crippen LogP contribution in [0, 0.1) is 0 Å². The quantitative estimate of drug-likeness (QED) is 0.225. The first-order chi connectivity index (χ1) is 19.0. The molecule has 0 unspecified atom stereocenters. The molecule has 1 amide bonds. The Morgan fingerprint density at radius 3 is 2.38 bits per heavy atom. The van der Waals surface area contributed by atoms with Crippen LogP contribution in [0.25, 0.3) is 50.1 Å². The van der Waals surface area contributed by atoms with Gasteiger partial charge in [0.25, 0.3) is 0 Å². The van der Waals surface area contributed by atoms with Crippen LogP contribution >= 0.6 is 12.2 Å². The van der Waals surface area contributed by atoms with Crippen LogP contribution in [0.2, 0.25) is 0 Å². The van der Waals surface area contributed by atoms with Crippen molar-refractivity contribution in [1.82, 2.24) is 4.98 Å². The van der Waals surface area contributed by atoms with Gasteiger partial charge in [-0.2, -0.15) is 0 Å². The fraction of sp³-hybridized carbons (Fsp3) is 0.0606. The first kappa shape index (κ1) is 24.5. The SMILES string of the molecule is CC(=O)Nc1oc(-c2cccc(-c3ccc(-c4ccc5ccccc5c4)cc3)c2O)nc1C1=CC(=S)CC=C1. The van der Waals surface area contributed by atoms with E-state index in [-0.39, 0.29) is 23.4 Å². The number of rotatable bonds is 5. The largest absolute Gasteiger partial charge is 0.506 e. The van der Waals surface area contributed by atoms with Crippen molar-refractivity contribution in [2.24, 2.45) is 0 Å². The van der Waals surface area contributed by atoms with E-state index < -0.39 is 0 Å². The molecule has 0 fully saturated rings. The Bertz CT molecular complexity index is 1810. The minimum Gasteiger partial charge on any atom is -0.506 e. The number of phenols is 1. The van der Waals surface area contributed by atoms with Crippen molar-refractivity contribution in [3.63, 3.8) is 0 Å². The van der Waals surface area contributed by atoms with Crippen LogP contribution in [0.15, 0.2) is 108 Å². The second-order valence-corrected chi connectivity index (χ2v) is 9.92. The Morgan fingerprint density at radius 1 is 0.897 bits per heavy atom. The molecule has 1 aliphatic carbocycles. The first-order valence-electron chi connectivity index (χ1n) is 12.6. The molecule has 190 valence electrons. The number of allylic oxidation sites excluding steroid dienone is 4. The number of thiocarbonyl (C=S) groups is 1. The Balaban J connectivity index is 1.36. The number of anilines is 1. The van der Waals surface area contributed by atoms with Gasteiger partial charge in [-0.3, -0.25) is 10.1 Å². The number of nitrogens with one attached hydrogen (secondary N) is 1. The van der Waals surface area contributed by atoms with E-state index in [1.165, 1.54) is 17.7 Å². The molecule has 0 bridgehead atoms. The van der Waals surface area contributed by atoms with Gasteiger partial charge >= 0.3 is 0 Å². The van der Waals surface area contributed by atoms with Gasteiger partial charge < -0.3 is 9.52 Å². The van der Waals surface area contributed by atoms with Gasteiger partial charge in [0.1, 0.15) is 11.4 Å². The van der Waals surface area contributed by atoms with Crippen molar-refractivity contribution in [1.29, 1.82) is 0 Å². The van der Waals surface area contributed by atoms with Crippen molar-refractivity contribution in [2.45, 2.75) is 13.3 Å². The van der Waals surface area contributed by atoms with Crippen LogP contribution in [-0.2, 0) is 4.79 Å². The minimum absolute atomic E-state index is 0.0433. The number of amides is 1. The molecule has 1 aliphatic rings. The smallest absolute Gasteiger partial charge is 0.233 e. The summed E-state index contributed by atoms with van der Waals surface area (Å²) in [6.45, 7) is 1.40. The number of benzene rings is 4. The van der Waals surface area contributed by atoms with Crippen molar-refractivity contribution < 1.29 is 14.3 Å². The molecule has 6 rings (SSSR count). The highest BCUT2D eigenvalue weighted by molar-refractivity contribution is 7.80. The van der Waals surface area contributed by atoms with Crippen molar-refractivity contribution in [2.75, 3.05) is 5.32 Å². The number of fused-ring (bicyclic) bond motifs is 1. The summed E-state index contributed by atoms with van der Waals surface area (Å²) in [4.78, 5) is 17.3. The van der Waals surface area contributed by atoms with E-state index in [0.29, 0.717) is 23.2 Å². The van der Waals surface area contributed by atoms with Crippen LogP contribution in [0.3, 0.4) is 0 Å². The fourth-order valence-corrected chi connectivity index (χ4v) is 4.99. The predicted octanol–water partition coefficient (Wildman–Crippen LogP) is 8.21. The summed E-state index contributed by atoms with van der Waals surface area (Å²) in [6.07, 6.45) is 6.37. The van der Waals surface area contributed by atoms with Crippen LogP contribution in [-0.4, -0.2) is 20.9 Å². The molecule has 5 aromatic rings. The van der Waals surface area contributed by atoms with Crippen LogP contribution in [0.5, 0.6) is 5.75 Å². The summed E-state index contributed by atoms with van der Waals surface area (Å²) in [7, 11) is 0. The van der Waals surface area contributed by atoms with Gasteiger partial charge in [-0.05, 0) is 45.7 Å². The Kier molecular flexibility index (Phi) is 6.39. The lowest BCUT2D eigenvalue weighted by Crippen LogP contribution is -2.07. The van der Waals surface area contributed by atoms with E-state index >= 15 is 0 Å². The Hall–Kier alpha value is -4.81. The molecule has 6 heteroatoms. The number of oxazole rings is 1. The molecule has 4 aromatic carbocycles. The van der Waals surface area contributed by atoms with Gasteiger partial charge in [0.15, 0.2) is 0 Å². The molecule has 1 heterocycles. The van der Waals surface area contributed by atoms with Gasteiger partial charge in [-0.15, -0.1) is 0 Å². The zero-order valence-corrected chi connectivity index (χ0v) is 22.0. The Labute approximate surface area is 231 Å². The summed E-state index contributed by atoms with van der Waals surface area (Å²) in [5.74, 6) is 0.169. The molecule has 0 radical (unpaired) electrons. The minimum atomic E-state index is -0.286. The van der Waals surface area contributed by atoms with E-state index in [9.17, 15) is 9.90 Å². The number of carbonyl (C=O) groups excluding carboxylic acids is 1. The molecule has 0 spiro atoms. The van der Waals surface area contributed by atoms with E-state index in [2.05, 4.69) is 52.8 Å². The second kappa shape index (κ2) is 10.2. The molecule has 1 aromatic heterocycles. The highest BCUT2D eigenvalue weighted by Crippen LogP contribution is 2.41. The third kappa shape index (κ3) is 4.90. The fourth-order valence-electron chi connectivity index (χ4n) is 4.77. The molecule has 0 atom stereocenters. The molecule has 39 heavy (non-hydrogen) atoms. The summed E-state index contributed by atoms with van der Waals surface area (Å²) >= 11 is 5.35. The number of hydrogen-bond donors (Lipinski definition) is 2. The van der Waals surface area contributed by atoms with Crippen molar-refractivity contribution >= 4 is 45.2 Å². The molecular weight excluding hydrogens is 504 g/mol. The predicted molar refractivity (Wildman–Crippen MR) is 161 cm³/mol. The van der Waals surface area contributed by atoms with Gasteiger partial charge in [-0.25, -0.2) is 4.98 Å². The van der Waals surface area contributed by atoms with E-state index in [4.69, 9.17) is 16.6 Å². The number of hydrogen-bond acceptors (Lipinski definition) is 5. The highest BCUT2D eigenvalue weighted by Gasteiger charge is 2.22. The monoisotopic (exact) mass is 528 g/mol. The molecule has 2 N–H and O–H groups in total. The number of aromatic nitrogens is 1. The van der Waals surface area contributed by atoms with Gasteiger partial charge in [0.05, 0.1) is 5.56 Å². The number of nitrogens with zero attached hydrogens (tertiary/aromatic N) is 1. The van der Waals surface area contributed by atoms with Crippen molar-refractivity contribution in [3.8, 4) is 39.5 Å². The third-order valence-electron chi connectivity index (χ3n) is 6.67. The number of carbonyl (C=O) groups is 1. The Morgan fingerprint density at radius 2 is 1.62 bits per heavy atom. The van der Waals surface area contributed by atoms with Gasteiger partial charge in [-0.1, -0.05) is 97.2 Å². The van der Waals surface area contributed by atoms with Gasteiger partial charge in [0.2, 0.25) is 17.7 Å². The lowest BCUT2D eigenvalue weighted by molar-refractivity contribution is -0.114. The summed E-state index contributed by atoms with van der Waals surface area (Å²) in [6, 6.07) is 28.2. The highest BCUT2D eigenvalue weighted by atomic mass is 32.1. The third-order valence-corrected chi connectivity index (χ3v) is 6.95. The first-order valence-corrected chi connectivity index (χ1v) is 13.0. The zero-order chi connectivity index (χ0) is 26.9. The standard InChI is InChI=1S/C33H24N2O3S/c1-20(36)34-33-30(26-8-4-9-27(39)19-26)35-32(38-33)29-11-5-10-28(31(29)37)23-15-12-22(13-16-23)25-17-14-21-6-2-3-7-24(21)18-25/h2-8,10-19,37H,9H2,1H3,(H,34,36). The molecule has 0 aliphatic heterocycles. The number of para-hydroxylation sites is 1. The molecule has 0 saturated heterocycles. The maximum Gasteiger partial charge on any atom is 0.233 e. The normalized spacial score (nSPS) is 12.9.